The zero-order valence-electron chi connectivity index (χ0n) is 10.4. The molecule has 0 saturated carbocycles. The summed E-state index contributed by atoms with van der Waals surface area (Å²) >= 11 is 0. The normalized spacial score (nSPS) is 10.3. The van der Waals surface area contributed by atoms with Crippen molar-refractivity contribution in [2.45, 2.75) is 20.3 Å². The molecular formula is C14H16N2O. The summed E-state index contributed by atoms with van der Waals surface area (Å²) in [5.74, 6) is 0.860. The summed E-state index contributed by atoms with van der Waals surface area (Å²) in [6.45, 7) is 4.26. The highest BCUT2D eigenvalue weighted by molar-refractivity contribution is 5.72. The Morgan fingerprint density at radius 1 is 1.24 bits per heavy atom. The van der Waals surface area contributed by atoms with Crippen molar-refractivity contribution in [3.05, 3.63) is 41.9 Å². The molecule has 88 valence electrons. The predicted octanol–water partition coefficient (Wildman–Crippen LogP) is 3.02. The maximum Gasteiger partial charge on any atom is 0.128 e. The number of nitrogens with zero attached hydrogens (tertiary/aromatic N) is 2. The first-order chi connectivity index (χ1) is 8.27. The largest absolute Gasteiger partial charge is 0.496 e. The van der Waals surface area contributed by atoms with Gasteiger partial charge in [-0.2, -0.15) is 0 Å². The summed E-state index contributed by atoms with van der Waals surface area (Å²) in [6.07, 6.45) is 4.32. The zero-order valence-corrected chi connectivity index (χ0v) is 10.4. The summed E-state index contributed by atoms with van der Waals surface area (Å²) in [5.41, 5.74) is 4.52. The Balaban J connectivity index is 2.66. The number of rotatable bonds is 3. The molecule has 3 nitrogen and oxygen atoms in total. The third-order valence-corrected chi connectivity index (χ3v) is 2.98. The number of hydrogen-bond donors (Lipinski definition) is 0. The van der Waals surface area contributed by atoms with Crippen LogP contribution in [0, 0.1) is 6.92 Å². The van der Waals surface area contributed by atoms with Gasteiger partial charge in [-0.25, -0.2) is 9.97 Å². The average Bonchev–Trinajstić information content (AvgIpc) is 2.39. The molecule has 17 heavy (non-hydrogen) atoms. The lowest BCUT2D eigenvalue weighted by Crippen LogP contribution is -1.97. The molecule has 2 rings (SSSR count). The molecule has 0 unspecified atom stereocenters. The van der Waals surface area contributed by atoms with Gasteiger partial charge >= 0.3 is 0 Å². The molecule has 1 heterocycles. The van der Waals surface area contributed by atoms with E-state index in [9.17, 15) is 0 Å². The van der Waals surface area contributed by atoms with Crippen LogP contribution in [0.2, 0.25) is 0 Å². The van der Waals surface area contributed by atoms with Crippen molar-refractivity contribution in [3.63, 3.8) is 0 Å². The minimum Gasteiger partial charge on any atom is -0.496 e. The van der Waals surface area contributed by atoms with E-state index in [2.05, 4.69) is 29.9 Å². The van der Waals surface area contributed by atoms with Gasteiger partial charge in [0.1, 0.15) is 12.1 Å². The number of hydrogen-bond acceptors (Lipinski definition) is 3. The van der Waals surface area contributed by atoms with Crippen LogP contribution in [0.5, 0.6) is 5.75 Å². The molecule has 0 aliphatic carbocycles. The molecule has 0 aliphatic rings. The SMILES string of the molecule is CCc1ccc(OC)c(-c2ccncn2)c1C. The summed E-state index contributed by atoms with van der Waals surface area (Å²) in [7, 11) is 1.69. The van der Waals surface area contributed by atoms with Crippen LogP contribution in [0.15, 0.2) is 30.7 Å². The molecule has 1 aromatic carbocycles. The van der Waals surface area contributed by atoms with E-state index in [1.54, 1.807) is 19.6 Å². The summed E-state index contributed by atoms with van der Waals surface area (Å²) in [4.78, 5) is 8.25. The molecule has 0 amide bonds. The van der Waals surface area contributed by atoms with Gasteiger partial charge in [0.15, 0.2) is 0 Å². The van der Waals surface area contributed by atoms with Crippen molar-refractivity contribution in [1.82, 2.24) is 9.97 Å². The van der Waals surface area contributed by atoms with Gasteiger partial charge in [-0.1, -0.05) is 13.0 Å². The quantitative estimate of drug-likeness (QED) is 0.810. The van der Waals surface area contributed by atoms with E-state index in [4.69, 9.17) is 4.74 Å². The van der Waals surface area contributed by atoms with Crippen LogP contribution in [0.1, 0.15) is 18.1 Å². The minimum atomic E-state index is 0.860. The van der Waals surface area contributed by atoms with Crippen molar-refractivity contribution in [3.8, 4) is 17.0 Å². The lowest BCUT2D eigenvalue weighted by Gasteiger charge is -2.14. The fraction of sp³-hybridized carbons (Fsp3) is 0.286. The van der Waals surface area contributed by atoms with Gasteiger partial charge in [0.05, 0.1) is 12.8 Å². The second kappa shape index (κ2) is 4.95. The zero-order chi connectivity index (χ0) is 12.3. The molecule has 0 spiro atoms. The van der Waals surface area contributed by atoms with Crippen LogP contribution in [-0.4, -0.2) is 17.1 Å². The standard InChI is InChI=1S/C14H16N2O/c1-4-11-5-6-13(17-3)14(10(11)2)12-7-8-15-9-16-12/h5-9H,4H2,1-3H3. The van der Waals surface area contributed by atoms with Crippen molar-refractivity contribution < 1.29 is 4.74 Å². The van der Waals surface area contributed by atoms with Crippen LogP contribution in [-0.2, 0) is 6.42 Å². The molecule has 0 atom stereocenters. The number of ether oxygens (including phenoxy) is 1. The molecule has 0 aliphatic heterocycles. The Morgan fingerprint density at radius 2 is 2.06 bits per heavy atom. The van der Waals surface area contributed by atoms with Crippen LogP contribution < -0.4 is 4.74 Å². The molecule has 0 bridgehead atoms. The Bertz CT molecular complexity index is 509. The predicted molar refractivity (Wildman–Crippen MR) is 68.1 cm³/mol. The Hall–Kier alpha value is -1.90. The lowest BCUT2D eigenvalue weighted by molar-refractivity contribution is 0.416. The van der Waals surface area contributed by atoms with E-state index in [0.29, 0.717) is 0 Å². The summed E-state index contributed by atoms with van der Waals surface area (Å²) in [5, 5.41) is 0. The Kier molecular flexibility index (Phi) is 3.38. The van der Waals surface area contributed by atoms with Crippen molar-refractivity contribution >= 4 is 0 Å². The van der Waals surface area contributed by atoms with E-state index in [1.807, 2.05) is 12.1 Å². The highest BCUT2D eigenvalue weighted by Crippen LogP contribution is 2.33. The van der Waals surface area contributed by atoms with Gasteiger partial charge in [0.25, 0.3) is 0 Å². The fourth-order valence-electron chi connectivity index (χ4n) is 2.04. The Morgan fingerprint density at radius 3 is 2.65 bits per heavy atom. The second-order valence-electron chi connectivity index (χ2n) is 3.88. The van der Waals surface area contributed by atoms with Gasteiger partial charge in [0, 0.05) is 11.8 Å². The lowest BCUT2D eigenvalue weighted by atomic mass is 9.97. The fourth-order valence-corrected chi connectivity index (χ4v) is 2.04. The van der Waals surface area contributed by atoms with E-state index >= 15 is 0 Å². The van der Waals surface area contributed by atoms with Crippen LogP contribution in [0.4, 0.5) is 0 Å². The highest BCUT2D eigenvalue weighted by Gasteiger charge is 2.12. The first kappa shape index (κ1) is 11.6. The highest BCUT2D eigenvalue weighted by atomic mass is 16.5. The molecule has 0 saturated heterocycles. The van der Waals surface area contributed by atoms with Gasteiger partial charge < -0.3 is 4.74 Å². The summed E-state index contributed by atoms with van der Waals surface area (Å²) < 4.78 is 5.42. The molecule has 0 radical (unpaired) electrons. The third-order valence-electron chi connectivity index (χ3n) is 2.98. The average molecular weight is 228 g/mol. The van der Waals surface area contributed by atoms with E-state index in [1.165, 1.54) is 11.1 Å². The number of methoxy groups -OCH3 is 1. The van der Waals surface area contributed by atoms with Gasteiger partial charge in [0.2, 0.25) is 0 Å². The molecule has 0 N–H and O–H groups in total. The van der Waals surface area contributed by atoms with E-state index in [0.717, 1.165) is 23.4 Å². The molecule has 1 aromatic heterocycles. The second-order valence-corrected chi connectivity index (χ2v) is 3.88. The van der Waals surface area contributed by atoms with Gasteiger partial charge in [-0.15, -0.1) is 0 Å². The third kappa shape index (κ3) is 2.13. The monoisotopic (exact) mass is 228 g/mol. The van der Waals surface area contributed by atoms with Gasteiger partial charge in [-0.3, -0.25) is 0 Å². The van der Waals surface area contributed by atoms with Gasteiger partial charge in [-0.05, 0) is 36.6 Å². The van der Waals surface area contributed by atoms with Crippen molar-refractivity contribution in [2.24, 2.45) is 0 Å². The molecule has 2 aromatic rings. The van der Waals surface area contributed by atoms with Crippen molar-refractivity contribution in [2.75, 3.05) is 7.11 Å². The molecular weight excluding hydrogens is 212 g/mol. The number of benzene rings is 1. The Labute approximate surface area is 102 Å². The van der Waals surface area contributed by atoms with E-state index < -0.39 is 0 Å². The molecule has 3 heteroatoms. The summed E-state index contributed by atoms with van der Waals surface area (Å²) in [6, 6.07) is 6.02. The van der Waals surface area contributed by atoms with Crippen LogP contribution >= 0.6 is 0 Å². The van der Waals surface area contributed by atoms with Crippen LogP contribution in [0.25, 0.3) is 11.3 Å². The van der Waals surface area contributed by atoms with Crippen molar-refractivity contribution in [1.29, 1.82) is 0 Å². The number of aromatic nitrogens is 2. The number of aryl methyl sites for hydroxylation is 1. The minimum absolute atomic E-state index is 0.860. The first-order valence-electron chi connectivity index (χ1n) is 5.70. The maximum atomic E-state index is 5.42. The smallest absolute Gasteiger partial charge is 0.128 e. The topological polar surface area (TPSA) is 35.0 Å². The van der Waals surface area contributed by atoms with E-state index in [-0.39, 0.29) is 0 Å². The maximum absolute atomic E-state index is 5.42. The molecule has 0 fully saturated rings. The van der Waals surface area contributed by atoms with Crippen LogP contribution in [0.3, 0.4) is 0 Å². The first-order valence-corrected chi connectivity index (χ1v) is 5.70.